The Hall–Kier alpha value is -2.46. The van der Waals surface area contributed by atoms with Gasteiger partial charge in [-0.2, -0.15) is 0 Å². The van der Waals surface area contributed by atoms with Crippen LogP contribution >= 0.6 is 11.6 Å². The molecule has 2 aromatic rings. The molecule has 2 N–H and O–H groups in total. The van der Waals surface area contributed by atoms with Gasteiger partial charge in [0.1, 0.15) is 0 Å². The highest BCUT2D eigenvalue weighted by Crippen LogP contribution is 2.38. The molecule has 3 rings (SSSR count). The average molecular weight is 316 g/mol. The Labute approximate surface area is 133 Å². The monoisotopic (exact) mass is 315 g/mol. The van der Waals surface area contributed by atoms with Crippen molar-refractivity contribution in [2.24, 2.45) is 0 Å². The van der Waals surface area contributed by atoms with Gasteiger partial charge in [-0.05, 0) is 36.8 Å². The first-order chi connectivity index (χ1) is 10.6. The summed E-state index contributed by atoms with van der Waals surface area (Å²) >= 11 is 6.02. The van der Waals surface area contributed by atoms with Gasteiger partial charge in [0, 0.05) is 16.8 Å². The number of benzene rings is 2. The number of aromatic hydroxyl groups is 1. The third-order valence-electron chi connectivity index (χ3n) is 3.37. The van der Waals surface area contributed by atoms with Gasteiger partial charge in [-0.3, -0.25) is 4.79 Å². The molecule has 0 bridgehead atoms. The number of carbonyl (C=O) groups is 1. The Morgan fingerprint density at radius 1 is 1.32 bits per heavy atom. The van der Waals surface area contributed by atoms with Crippen molar-refractivity contribution >= 4 is 34.8 Å². The standard InChI is InChI=1S/C17H14ClNO3/c1-2-22-15-9-10(8-13(18)16(15)20)7-12-11-5-3-4-6-14(11)19-17(12)21/h3-9,20H,2H2,1H3,(H,19,21)/b12-7-. The number of anilines is 1. The third kappa shape index (κ3) is 2.53. The molecule has 4 nitrogen and oxygen atoms in total. The second kappa shape index (κ2) is 5.73. The highest BCUT2D eigenvalue weighted by atomic mass is 35.5. The Morgan fingerprint density at radius 2 is 2.09 bits per heavy atom. The van der Waals surface area contributed by atoms with Crippen molar-refractivity contribution in [3.63, 3.8) is 0 Å². The summed E-state index contributed by atoms with van der Waals surface area (Å²) in [6, 6.07) is 10.7. The maximum Gasteiger partial charge on any atom is 0.256 e. The van der Waals surface area contributed by atoms with E-state index in [-0.39, 0.29) is 16.7 Å². The molecule has 5 heteroatoms. The molecular weight excluding hydrogens is 302 g/mol. The number of nitrogens with one attached hydrogen (secondary N) is 1. The van der Waals surface area contributed by atoms with Gasteiger partial charge in [0.25, 0.3) is 5.91 Å². The summed E-state index contributed by atoms with van der Waals surface area (Å²) in [6.45, 7) is 2.23. The second-order valence-corrected chi connectivity index (χ2v) is 5.25. The maximum atomic E-state index is 12.1. The molecule has 2 aromatic carbocycles. The summed E-state index contributed by atoms with van der Waals surface area (Å²) in [7, 11) is 0. The van der Waals surface area contributed by atoms with E-state index in [2.05, 4.69) is 5.32 Å². The summed E-state index contributed by atoms with van der Waals surface area (Å²) in [6.07, 6.45) is 1.73. The van der Waals surface area contributed by atoms with E-state index in [9.17, 15) is 9.90 Å². The van der Waals surface area contributed by atoms with Crippen molar-refractivity contribution in [2.75, 3.05) is 11.9 Å². The first kappa shape index (κ1) is 14.5. The van der Waals surface area contributed by atoms with Crippen LogP contribution in [0.1, 0.15) is 18.1 Å². The van der Waals surface area contributed by atoms with Crippen molar-refractivity contribution in [3.05, 3.63) is 52.5 Å². The quantitative estimate of drug-likeness (QED) is 0.844. The number of rotatable bonds is 3. The van der Waals surface area contributed by atoms with Crippen LogP contribution in [0.15, 0.2) is 36.4 Å². The summed E-state index contributed by atoms with van der Waals surface area (Å²) < 4.78 is 5.35. The van der Waals surface area contributed by atoms with Crippen molar-refractivity contribution in [2.45, 2.75) is 6.92 Å². The van der Waals surface area contributed by atoms with Gasteiger partial charge in [0.15, 0.2) is 11.5 Å². The van der Waals surface area contributed by atoms with E-state index in [1.54, 1.807) is 18.2 Å². The van der Waals surface area contributed by atoms with Gasteiger partial charge >= 0.3 is 0 Å². The van der Waals surface area contributed by atoms with E-state index in [4.69, 9.17) is 16.3 Å². The molecule has 0 saturated carbocycles. The number of fused-ring (bicyclic) bond motifs is 1. The topological polar surface area (TPSA) is 58.6 Å². The number of ether oxygens (including phenoxy) is 1. The SMILES string of the molecule is CCOc1cc(/C=C2\C(=O)Nc3ccccc32)cc(Cl)c1O. The van der Waals surface area contributed by atoms with Crippen LogP contribution in [0, 0.1) is 0 Å². The first-order valence-corrected chi connectivity index (χ1v) is 7.25. The van der Waals surface area contributed by atoms with Crippen LogP contribution in [-0.4, -0.2) is 17.6 Å². The van der Waals surface area contributed by atoms with Crippen molar-refractivity contribution in [1.82, 2.24) is 0 Å². The van der Waals surface area contributed by atoms with E-state index >= 15 is 0 Å². The molecule has 1 amide bonds. The summed E-state index contributed by atoms with van der Waals surface area (Å²) in [5.41, 5.74) is 2.87. The normalized spacial score (nSPS) is 14.8. The van der Waals surface area contributed by atoms with Crippen molar-refractivity contribution < 1.29 is 14.6 Å². The van der Waals surface area contributed by atoms with Crippen LogP contribution in [0.4, 0.5) is 5.69 Å². The Balaban J connectivity index is 2.07. The number of phenols is 1. The molecule has 22 heavy (non-hydrogen) atoms. The molecule has 1 heterocycles. The number of amides is 1. The lowest BCUT2D eigenvalue weighted by atomic mass is 10.0. The highest BCUT2D eigenvalue weighted by Gasteiger charge is 2.23. The fraction of sp³-hybridized carbons (Fsp3) is 0.118. The number of halogens is 1. The molecule has 0 radical (unpaired) electrons. The summed E-state index contributed by atoms with van der Waals surface area (Å²) in [5, 5.41) is 12.9. The van der Waals surface area contributed by atoms with Crippen LogP contribution < -0.4 is 10.1 Å². The summed E-state index contributed by atoms with van der Waals surface area (Å²) in [5.74, 6) is 0.0406. The fourth-order valence-electron chi connectivity index (χ4n) is 2.39. The lowest BCUT2D eigenvalue weighted by Gasteiger charge is -2.08. The molecule has 1 aliphatic rings. The molecule has 0 aliphatic carbocycles. The van der Waals surface area contributed by atoms with Crippen molar-refractivity contribution in [3.8, 4) is 11.5 Å². The molecule has 1 aliphatic heterocycles. The molecule has 0 spiro atoms. The van der Waals surface area contributed by atoms with E-state index in [1.165, 1.54) is 0 Å². The number of hydrogen-bond acceptors (Lipinski definition) is 3. The van der Waals surface area contributed by atoms with E-state index in [1.807, 2.05) is 31.2 Å². The average Bonchev–Trinajstić information content (AvgIpc) is 2.81. The predicted octanol–water partition coefficient (Wildman–Crippen LogP) is 3.94. The molecule has 0 saturated heterocycles. The molecule has 0 aromatic heterocycles. The van der Waals surface area contributed by atoms with Gasteiger partial charge in [-0.15, -0.1) is 0 Å². The molecule has 0 fully saturated rings. The second-order valence-electron chi connectivity index (χ2n) is 4.84. The fourth-order valence-corrected chi connectivity index (χ4v) is 2.61. The maximum absolute atomic E-state index is 12.1. The van der Waals surface area contributed by atoms with E-state index in [0.29, 0.717) is 23.5 Å². The van der Waals surface area contributed by atoms with Crippen LogP contribution in [0.2, 0.25) is 5.02 Å². The van der Waals surface area contributed by atoms with Gasteiger partial charge < -0.3 is 15.2 Å². The van der Waals surface area contributed by atoms with E-state index in [0.717, 1.165) is 11.3 Å². The molecule has 0 unspecified atom stereocenters. The zero-order valence-corrected chi connectivity index (χ0v) is 12.6. The minimum atomic E-state index is -0.164. The predicted molar refractivity (Wildman–Crippen MR) is 87.2 cm³/mol. The van der Waals surface area contributed by atoms with E-state index < -0.39 is 0 Å². The van der Waals surface area contributed by atoms with Crippen molar-refractivity contribution in [1.29, 1.82) is 0 Å². The number of hydrogen-bond donors (Lipinski definition) is 2. The zero-order valence-electron chi connectivity index (χ0n) is 11.9. The van der Waals surface area contributed by atoms with Crippen LogP contribution in [-0.2, 0) is 4.79 Å². The minimum absolute atomic E-state index is 0.0954. The number of carbonyl (C=O) groups excluding carboxylic acids is 1. The third-order valence-corrected chi connectivity index (χ3v) is 3.66. The Bertz CT molecular complexity index is 783. The van der Waals surface area contributed by atoms with Crippen LogP contribution in [0.5, 0.6) is 11.5 Å². The molecular formula is C17H14ClNO3. The Morgan fingerprint density at radius 3 is 2.86 bits per heavy atom. The largest absolute Gasteiger partial charge is 0.503 e. The lowest BCUT2D eigenvalue weighted by molar-refractivity contribution is -0.110. The number of para-hydroxylation sites is 1. The van der Waals surface area contributed by atoms with Gasteiger partial charge in [-0.1, -0.05) is 29.8 Å². The summed E-state index contributed by atoms with van der Waals surface area (Å²) in [4.78, 5) is 12.1. The van der Waals surface area contributed by atoms with Gasteiger partial charge in [0.2, 0.25) is 0 Å². The van der Waals surface area contributed by atoms with Gasteiger partial charge in [-0.25, -0.2) is 0 Å². The van der Waals surface area contributed by atoms with Crippen LogP contribution in [0.25, 0.3) is 11.6 Å². The zero-order chi connectivity index (χ0) is 15.7. The molecule has 112 valence electrons. The van der Waals surface area contributed by atoms with Gasteiger partial charge in [0.05, 0.1) is 11.6 Å². The highest BCUT2D eigenvalue weighted by molar-refractivity contribution is 6.35. The lowest BCUT2D eigenvalue weighted by Crippen LogP contribution is -2.03. The minimum Gasteiger partial charge on any atom is -0.503 e. The molecule has 0 atom stereocenters. The Kier molecular flexibility index (Phi) is 3.77. The van der Waals surface area contributed by atoms with Crippen LogP contribution in [0.3, 0.4) is 0 Å². The number of phenolic OH excluding ortho intramolecular Hbond substituents is 1. The first-order valence-electron chi connectivity index (χ1n) is 6.88. The smallest absolute Gasteiger partial charge is 0.256 e.